The summed E-state index contributed by atoms with van der Waals surface area (Å²) in [7, 11) is 1.58. The summed E-state index contributed by atoms with van der Waals surface area (Å²) in [6.45, 7) is 0. The monoisotopic (exact) mass is 309 g/mol. The normalized spacial score (nSPS) is 18.3. The number of carbonyl (C=O) groups excluding carboxylic acids is 1. The van der Waals surface area contributed by atoms with Crippen molar-refractivity contribution in [1.82, 2.24) is 14.8 Å². The molecule has 1 aromatic heterocycles. The van der Waals surface area contributed by atoms with Crippen LogP contribution in [-0.4, -0.2) is 43.1 Å². The van der Waals surface area contributed by atoms with Crippen LogP contribution in [-0.2, 0) is 11.8 Å². The molecule has 22 heavy (non-hydrogen) atoms. The van der Waals surface area contributed by atoms with E-state index in [0.29, 0.717) is 17.9 Å². The molecule has 1 amide bonds. The number of aryl methyl sites for hydroxylation is 1. The van der Waals surface area contributed by atoms with E-state index in [-0.39, 0.29) is 11.6 Å². The molecule has 122 valence electrons. The minimum Gasteiger partial charge on any atom is -0.480 e. The van der Waals surface area contributed by atoms with Gasteiger partial charge in [0.2, 0.25) is 0 Å². The third-order valence-corrected chi connectivity index (χ3v) is 4.36. The van der Waals surface area contributed by atoms with Gasteiger partial charge >= 0.3 is 5.97 Å². The molecule has 1 unspecified atom stereocenters. The number of aromatic nitrogens is 2. The van der Waals surface area contributed by atoms with Crippen molar-refractivity contribution >= 4 is 11.9 Å². The lowest BCUT2D eigenvalue weighted by Crippen LogP contribution is -2.48. The van der Waals surface area contributed by atoms with E-state index in [4.69, 9.17) is 0 Å². The average molecular weight is 309 g/mol. The zero-order valence-corrected chi connectivity index (χ0v) is 12.8. The van der Waals surface area contributed by atoms with E-state index in [1.165, 1.54) is 23.4 Å². The van der Waals surface area contributed by atoms with Gasteiger partial charge in [-0.25, -0.2) is 9.86 Å². The molecule has 1 aliphatic rings. The van der Waals surface area contributed by atoms with Gasteiger partial charge in [-0.2, -0.15) is 5.10 Å². The van der Waals surface area contributed by atoms with E-state index in [1.807, 2.05) is 0 Å². The molecular weight excluding hydrogens is 286 g/mol. The van der Waals surface area contributed by atoms with Crippen molar-refractivity contribution in [2.24, 2.45) is 13.0 Å². The van der Waals surface area contributed by atoms with Gasteiger partial charge in [0.05, 0.1) is 0 Å². The molecule has 1 saturated carbocycles. The fourth-order valence-corrected chi connectivity index (χ4v) is 3.14. The molecule has 2 rings (SSSR count). The molecule has 1 atom stereocenters. The van der Waals surface area contributed by atoms with Gasteiger partial charge in [0.15, 0.2) is 6.04 Å². The largest absolute Gasteiger partial charge is 0.480 e. The molecule has 2 N–H and O–H groups in total. The molecule has 1 aromatic rings. The van der Waals surface area contributed by atoms with Crippen LogP contribution in [0.15, 0.2) is 12.3 Å². The number of carboxylic acids is 1. The second-order valence-electron chi connectivity index (χ2n) is 5.88. The maximum absolute atomic E-state index is 12.3. The van der Waals surface area contributed by atoms with Crippen LogP contribution < -0.4 is 0 Å². The number of aliphatic carboxylic acids is 1. The summed E-state index contributed by atoms with van der Waals surface area (Å²) in [6.07, 6.45) is 8.05. The number of amides is 1. The smallest absolute Gasteiger partial charge is 0.329 e. The molecule has 0 saturated heterocycles. The van der Waals surface area contributed by atoms with E-state index >= 15 is 0 Å². The molecule has 0 spiro atoms. The van der Waals surface area contributed by atoms with Crippen LogP contribution in [0.5, 0.6) is 0 Å². The molecule has 0 aliphatic heterocycles. The van der Waals surface area contributed by atoms with Gasteiger partial charge in [0.1, 0.15) is 5.69 Å². The van der Waals surface area contributed by atoms with E-state index in [1.54, 1.807) is 7.05 Å². The summed E-state index contributed by atoms with van der Waals surface area (Å²) >= 11 is 0. The SMILES string of the molecule is Cn1nccc1C(=O)N(O)C(C(=O)O)C1CCCCCCC1. The highest BCUT2D eigenvalue weighted by atomic mass is 16.5. The summed E-state index contributed by atoms with van der Waals surface area (Å²) in [5.41, 5.74) is 0.166. The topological polar surface area (TPSA) is 95.7 Å². The Hall–Kier alpha value is -1.89. The Morgan fingerprint density at radius 3 is 2.36 bits per heavy atom. The summed E-state index contributed by atoms with van der Waals surface area (Å²) < 4.78 is 1.32. The minimum absolute atomic E-state index is 0.166. The Morgan fingerprint density at radius 1 is 1.27 bits per heavy atom. The van der Waals surface area contributed by atoms with E-state index in [0.717, 1.165) is 25.7 Å². The van der Waals surface area contributed by atoms with Crippen molar-refractivity contribution in [3.05, 3.63) is 18.0 Å². The van der Waals surface area contributed by atoms with Gasteiger partial charge in [0.25, 0.3) is 5.91 Å². The zero-order valence-electron chi connectivity index (χ0n) is 12.8. The lowest BCUT2D eigenvalue weighted by atomic mass is 9.85. The summed E-state index contributed by atoms with van der Waals surface area (Å²) in [5.74, 6) is -2.11. The van der Waals surface area contributed by atoms with Crippen LogP contribution in [0.3, 0.4) is 0 Å². The summed E-state index contributed by atoms with van der Waals surface area (Å²) in [5, 5.41) is 24.0. The summed E-state index contributed by atoms with van der Waals surface area (Å²) in [6, 6.07) is 0.253. The third-order valence-electron chi connectivity index (χ3n) is 4.36. The number of nitrogens with zero attached hydrogens (tertiary/aromatic N) is 3. The van der Waals surface area contributed by atoms with Crippen LogP contribution >= 0.6 is 0 Å². The zero-order chi connectivity index (χ0) is 16.1. The van der Waals surface area contributed by atoms with Crippen LogP contribution in [0.1, 0.15) is 55.4 Å². The lowest BCUT2D eigenvalue weighted by Gasteiger charge is -2.30. The Balaban J connectivity index is 2.17. The van der Waals surface area contributed by atoms with Crippen LogP contribution in [0.4, 0.5) is 0 Å². The van der Waals surface area contributed by atoms with Crippen molar-refractivity contribution in [2.45, 2.75) is 51.0 Å². The second-order valence-corrected chi connectivity index (χ2v) is 5.88. The molecule has 0 radical (unpaired) electrons. The molecule has 1 fully saturated rings. The van der Waals surface area contributed by atoms with Gasteiger partial charge in [-0.05, 0) is 24.8 Å². The number of hydrogen-bond donors (Lipinski definition) is 2. The van der Waals surface area contributed by atoms with Crippen molar-refractivity contribution in [3.8, 4) is 0 Å². The van der Waals surface area contributed by atoms with Crippen LogP contribution in [0.2, 0.25) is 0 Å². The Kier molecular flexibility index (Phi) is 5.54. The van der Waals surface area contributed by atoms with Crippen molar-refractivity contribution in [1.29, 1.82) is 0 Å². The molecule has 7 nitrogen and oxygen atoms in total. The Bertz CT molecular complexity index is 521. The van der Waals surface area contributed by atoms with E-state index < -0.39 is 17.9 Å². The molecule has 1 aliphatic carbocycles. The number of hydrogen-bond acceptors (Lipinski definition) is 4. The maximum Gasteiger partial charge on any atom is 0.329 e. The molecule has 1 heterocycles. The maximum atomic E-state index is 12.3. The van der Waals surface area contributed by atoms with E-state index in [9.17, 15) is 19.9 Å². The van der Waals surface area contributed by atoms with Gasteiger partial charge in [-0.1, -0.05) is 32.1 Å². The van der Waals surface area contributed by atoms with Crippen LogP contribution in [0.25, 0.3) is 0 Å². The highest BCUT2D eigenvalue weighted by Gasteiger charge is 2.37. The van der Waals surface area contributed by atoms with Crippen molar-refractivity contribution < 1.29 is 19.9 Å². The fraction of sp³-hybridized carbons (Fsp3) is 0.667. The van der Waals surface area contributed by atoms with Gasteiger partial charge in [-0.3, -0.25) is 14.7 Å². The average Bonchev–Trinajstić information content (AvgIpc) is 2.86. The first-order valence-electron chi connectivity index (χ1n) is 7.75. The predicted octanol–water partition coefficient (Wildman–Crippen LogP) is 2.07. The standard InChI is InChI=1S/C15H23N3O4/c1-17-12(9-10-16-17)14(19)18(22)13(15(20)21)11-7-5-3-2-4-6-8-11/h9-11,13,22H,2-8H2,1H3,(H,20,21). The lowest BCUT2D eigenvalue weighted by molar-refractivity contribution is -0.164. The second kappa shape index (κ2) is 7.40. The van der Waals surface area contributed by atoms with Gasteiger partial charge in [0, 0.05) is 13.2 Å². The first-order valence-corrected chi connectivity index (χ1v) is 7.75. The molecule has 0 aromatic carbocycles. The quantitative estimate of drug-likeness (QED) is 0.655. The predicted molar refractivity (Wildman–Crippen MR) is 78.4 cm³/mol. The third kappa shape index (κ3) is 3.65. The number of rotatable bonds is 4. The Labute approximate surface area is 129 Å². The first kappa shape index (κ1) is 16.5. The highest BCUT2D eigenvalue weighted by molar-refractivity contribution is 5.94. The molecular formula is C15H23N3O4. The van der Waals surface area contributed by atoms with Crippen molar-refractivity contribution in [3.63, 3.8) is 0 Å². The fourth-order valence-electron chi connectivity index (χ4n) is 3.14. The van der Waals surface area contributed by atoms with Gasteiger partial charge in [-0.15, -0.1) is 0 Å². The molecule has 0 bridgehead atoms. The number of carbonyl (C=O) groups is 2. The number of hydroxylamine groups is 2. The van der Waals surface area contributed by atoms with Crippen molar-refractivity contribution in [2.75, 3.05) is 0 Å². The van der Waals surface area contributed by atoms with Crippen LogP contribution in [0, 0.1) is 5.92 Å². The van der Waals surface area contributed by atoms with E-state index in [2.05, 4.69) is 5.10 Å². The number of carboxylic acid groups (broad SMARTS) is 1. The Morgan fingerprint density at radius 2 is 1.86 bits per heavy atom. The molecule has 7 heteroatoms. The highest BCUT2D eigenvalue weighted by Crippen LogP contribution is 2.28. The van der Waals surface area contributed by atoms with Gasteiger partial charge < -0.3 is 5.11 Å². The minimum atomic E-state index is -1.21. The first-order chi connectivity index (χ1) is 10.5. The summed E-state index contributed by atoms with van der Waals surface area (Å²) in [4.78, 5) is 23.9.